The van der Waals surface area contributed by atoms with Crippen molar-refractivity contribution in [2.24, 2.45) is 12.8 Å². The van der Waals surface area contributed by atoms with Crippen LogP contribution in [0.25, 0.3) is 0 Å². The fourth-order valence-corrected chi connectivity index (χ4v) is 2.95. The van der Waals surface area contributed by atoms with Crippen LogP contribution in [0.3, 0.4) is 0 Å². The highest BCUT2D eigenvalue weighted by Crippen LogP contribution is 2.24. The number of halogens is 1. The number of carbonyl (C=O) groups excluding carboxylic acids is 1. The highest BCUT2D eigenvalue weighted by molar-refractivity contribution is 8.00. The van der Waals surface area contributed by atoms with E-state index in [0.29, 0.717) is 6.54 Å². The molecule has 1 aromatic rings. The molecule has 1 unspecified atom stereocenters. The molecule has 0 aromatic carbocycles. The number of carbonyl (C=O) groups is 1. The van der Waals surface area contributed by atoms with Crippen LogP contribution < -0.4 is 5.73 Å². The van der Waals surface area contributed by atoms with Gasteiger partial charge in [0, 0.05) is 20.1 Å². The Morgan fingerprint density at radius 2 is 2.05 bits per heavy atom. The van der Waals surface area contributed by atoms with Crippen LogP contribution >= 0.6 is 24.2 Å². The second kappa shape index (κ2) is 7.12. The molecule has 0 spiro atoms. The Kier molecular flexibility index (Phi) is 6.09. The Labute approximate surface area is 123 Å². The Morgan fingerprint density at radius 3 is 2.58 bits per heavy atom. The molecule has 1 aliphatic rings. The molecule has 6 nitrogen and oxygen atoms in total. The highest BCUT2D eigenvalue weighted by atomic mass is 35.5. The standard InChI is InChI=1S/C11H19N5OS.ClH/c1-8(10(17)16-5-3-4-6-16)18-11-14-13-9(7-12)15(11)2;/h8H,3-7,12H2,1-2H3;1H. The first-order valence-electron chi connectivity index (χ1n) is 6.17. The molecule has 2 heterocycles. The summed E-state index contributed by atoms with van der Waals surface area (Å²) in [6.07, 6.45) is 2.23. The number of hydrogen-bond donors (Lipinski definition) is 1. The van der Waals surface area contributed by atoms with Gasteiger partial charge in [0.15, 0.2) is 5.16 Å². The van der Waals surface area contributed by atoms with Crippen molar-refractivity contribution in [2.45, 2.75) is 36.7 Å². The zero-order valence-electron chi connectivity index (χ0n) is 11.2. The molecular formula is C11H20ClN5OS. The summed E-state index contributed by atoms with van der Waals surface area (Å²) in [4.78, 5) is 14.1. The predicted octanol–water partition coefficient (Wildman–Crippen LogP) is 0.799. The van der Waals surface area contributed by atoms with Crippen LogP contribution in [0.1, 0.15) is 25.6 Å². The summed E-state index contributed by atoms with van der Waals surface area (Å²) >= 11 is 1.44. The van der Waals surface area contributed by atoms with Crippen LogP contribution in [0.4, 0.5) is 0 Å². The number of amides is 1. The van der Waals surface area contributed by atoms with Crippen molar-refractivity contribution in [1.82, 2.24) is 19.7 Å². The van der Waals surface area contributed by atoms with Crippen molar-refractivity contribution in [3.05, 3.63) is 5.82 Å². The van der Waals surface area contributed by atoms with Crippen LogP contribution in [0.15, 0.2) is 5.16 Å². The fraction of sp³-hybridized carbons (Fsp3) is 0.727. The van der Waals surface area contributed by atoms with Gasteiger partial charge in [-0.25, -0.2) is 0 Å². The minimum Gasteiger partial charge on any atom is -0.342 e. The molecule has 1 fully saturated rings. The molecule has 2 N–H and O–H groups in total. The van der Waals surface area contributed by atoms with Crippen molar-refractivity contribution >= 4 is 30.1 Å². The molecule has 2 rings (SSSR count). The van der Waals surface area contributed by atoms with Crippen LogP contribution in [-0.4, -0.2) is 43.9 Å². The highest BCUT2D eigenvalue weighted by Gasteiger charge is 2.25. The summed E-state index contributed by atoms with van der Waals surface area (Å²) in [5.74, 6) is 0.924. The second-order valence-corrected chi connectivity index (χ2v) is 5.76. The third kappa shape index (κ3) is 3.61. The Hall–Kier alpha value is -0.790. The fourth-order valence-electron chi connectivity index (χ4n) is 2.03. The van der Waals surface area contributed by atoms with Crippen LogP contribution in [0.2, 0.25) is 0 Å². The normalized spacial score (nSPS) is 16.3. The van der Waals surface area contributed by atoms with E-state index in [1.807, 2.05) is 23.4 Å². The van der Waals surface area contributed by atoms with E-state index in [9.17, 15) is 4.79 Å². The maximum Gasteiger partial charge on any atom is 0.235 e. The molecule has 1 aromatic heterocycles. The average molecular weight is 306 g/mol. The number of aromatic nitrogens is 3. The monoisotopic (exact) mass is 305 g/mol. The van der Waals surface area contributed by atoms with Gasteiger partial charge in [-0.1, -0.05) is 11.8 Å². The van der Waals surface area contributed by atoms with E-state index in [-0.39, 0.29) is 23.6 Å². The summed E-state index contributed by atoms with van der Waals surface area (Å²) < 4.78 is 1.85. The molecule has 1 amide bonds. The largest absolute Gasteiger partial charge is 0.342 e. The SMILES string of the molecule is CC(Sc1nnc(CN)n1C)C(=O)N1CCCC1.Cl. The molecule has 0 aliphatic carbocycles. The third-order valence-electron chi connectivity index (χ3n) is 3.16. The van der Waals surface area contributed by atoms with Crippen molar-refractivity contribution in [1.29, 1.82) is 0 Å². The lowest BCUT2D eigenvalue weighted by atomic mass is 10.4. The molecule has 0 saturated carbocycles. The molecule has 108 valence electrons. The first-order valence-corrected chi connectivity index (χ1v) is 7.05. The topological polar surface area (TPSA) is 77.0 Å². The summed E-state index contributed by atoms with van der Waals surface area (Å²) in [6, 6.07) is 0. The van der Waals surface area contributed by atoms with Crippen molar-refractivity contribution < 1.29 is 4.79 Å². The number of likely N-dealkylation sites (tertiary alicyclic amines) is 1. The zero-order chi connectivity index (χ0) is 13.1. The minimum atomic E-state index is -0.128. The van der Waals surface area contributed by atoms with Gasteiger partial charge < -0.3 is 15.2 Å². The van der Waals surface area contributed by atoms with Gasteiger partial charge in [-0.15, -0.1) is 22.6 Å². The minimum absolute atomic E-state index is 0. The third-order valence-corrected chi connectivity index (χ3v) is 4.28. The van der Waals surface area contributed by atoms with E-state index in [2.05, 4.69) is 10.2 Å². The van der Waals surface area contributed by atoms with E-state index < -0.39 is 0 Å². The van der Waals surface area contributed by atoms with E-state index in [1.54, 1.807) is 0 Å². The lowest BCUT2D eigenvalue weighted by Crippen LogP contribution is -2.34. The van der Waals surface area contributed by atoms with Crippen LogP contribution in [0.5, 0.6) is 0 Å². The van der Waals surface area contributed by atoms with Gasteiger partial charge in [-0.2, -0.15) is 0 Å². The number of thioether (sulfide) groups is 1. The van der Waals surface area contributed by atoms with Gasteiger partial charge in [0.2, 0.25) is 5.91 Å². The van der Waals surface area contributed by atoms with Crippen molar-refractivity contribution in [3.63, 3.8) is 0 Å². The lowest BCUT2D eigenvalue weighted by molar-refractivity contribution is -0.129. The molecular weight excluding hydrogens is 286 g/mol. The average Bonchev–Trinajstić information content (AvgIpc) is 2.99. The maximum atomic E-state index is 12.2. The van der Waals surface area contributed by atoms with Gasteiger partial charge in [-0.3, -0.25) is 4.79 Å². The number of nitrogens with zero attached hydrogens (tertiary/aromatic N) is 4. The quantitative estimate of drug-likeness (QED) is 0.833. The molecule has 19 heavy (non-hydrogen) atoms. The number of hydrogen-bond acceptors (Lipinski definition) is 5. The first kappa shape index (κ1) is 16.3. The maximum absolute atomic E-state index is 12.2. The second-order valence-electron chi connectivity index (χ2n) is 4.45. The Balaban J connectivity index is 0.00000180. The van der Waals surface area contributed by atoms with Gasteiger partial charge in [0.25, 0.3) is 0 Å². The predicted molar refractivity (Wildman–Crippen MR) is 77.3 cm³/mol. The van der Waals surface area contributed by atoms with E-state index in [0.717, 1.165) is 36.9 Å². The van der Waals surface area contributed by atoms with Crippen LogP contribution in [-0.2, 0) is 18.4 Å². The van der Waals surface area contributed by atoms with Crippen LogP contribution in [0, 0.1) is 0 Å². The smallest absolute Gasteiger partial charge is 0.235 e. The van der Waals surface area contributed by atoms with Gasteiger partial charge in [-0.05, 0) is 19.8 Å². The molecule has 0 radical (unpaired) electrons. The van der Waals surface area contributed by atoms with E-state index in [4.69, 9.17) is 5.73 Å². The zero-order valence-corrected chi connectivity index (χ0v) is 12.8. The summed E-state index contributed by atoms with van der Waals surface area (Å²) in [5, 5.41) is 8.66. The van der Waals surface area contributed by atoms with Crippen molar-refractivity contribution in [2.75, 3.05) is 13.1 Å². The summed E-state index contributed by atoms with van der Waals surface area (Å²) in [7, 11) is 1.87. The first-order chi connectivity index (χ1) is 8.63. The molecule has 1 atom stereocenters. The van der Waals surface area contributed by atoms with Crippen molar-refractivity contribution in [3.8, 4) is 0 Å². The summed E-state index contributed by atoms with van der Waals surface area (Å²) in [6.45, 7) is 4.05. The van der Waals surface area contributed by atoms with Gasteiger partial charge in [0.05, 0.1) is 11.8 Å². The van der Waals surface area contributed by atoms with Gasteiger partial charge in [0.1, 0.15) is 5.82 Å². The number of rotatable bonds is 4. The lowest BCUT2D eigenvalue weighted by Gasteiger charge is -2.19. The molecule has 0 bridgehead atoms. The Bertz CT molecular complexity index is 433. The van der Waals surface area contributed by atoms with Gasteiger partial charge >= 0.3 is 0 Å². The molecule has 1 aliphatic heterocycles. The Morgan fingerprint density at radius 1 is 1.42 bits per heavy atom. The molecule has 1 saturated heterocycles. The molecule has 8 heteroatoms. The number of nitrogens with two attached hydrogens (primary N) is 1. The van der Waals surface area contributed by atoms with E-state index >= 15 is 0 Å². The van der Waals surface area contributed by atoms with E-state index in [1.165, 1.54) is 11.8 Å². The summed E-state index contributed by atoms with van der Waals surface area (Å²) in [5.41, 5.74) is 5.55.